The van der Waals surface area contributed by atoms with Crippen LogP contribution in [-0.2, 0) is 11.4 Å². The minimum absolute atomic E-state index is 0.477. The first-order valence-electron chi connectivity index (χ1n) is 6.23. The quantitative estimate of drug-likeness (QED) is 0.516. The molecular formula is C16H18N2O. The molecule has 19 heavy (non-hydrogen) atoms. The third-order valence-corrected chi connectivity index (χ3v) is 3.00. The number of anilines is 1. The van der Waals surface area contributed by atoms with Gasteiger partial charge in [-0.3, -0.25) is 0 Å². The Balaban J connectivity index is 1.98. The second kappa shape index (κ2) is 6.05. The van der Waals surface area contributed by atoms with Gasteiger partial charge >= 0.3 is 0 Å². The standard InChI is InChI=1S/C16H18N2O/c1-12-9-16(17)13(2)8-15(12)10-18-19-11-14-6-4-3-5-7-14/h3-10H,11,17H2,1-2H3/b18-10+. The summed E-state index contributed by atoms with van der Waals surface area (Å²) in [5, 5.41) is 4.00. The Morgan fingerprint density at radius 3 is 2.58 bits per heavy atom. The number of nitrogens with zero attached hydrogens (tertiary/aromatic N) is 1. The van der Waals surface area contributed by atoms with Crippen LogP contribution in [0.4, 0.5) is 5.69 Å². The highest BCUT2D eigenvalue weighted by atomic mass is 16.6. The van der Waals surface area contributed by atoms with Gasteiger partial charge in [0.2, 0.25) is 0 Å². The van der Waals surface area contributed by atoms with Gasteiger partial charge in [0.1, 0.15) is 6.61 Å². The largest absolute Gasteiger partial charge is 0.399 e. The van der Waals surface area contributed by atoms with Crippen molar-refractivity contribution in [3.8, 4) is 0 Å². The summed E-state index contributed by atoms with van der Waals surface area (Å²) in [5.74, 6) is 0. The maximum Gasteiger partial charge on any atom is 0.142 e. The van der Waals surface area contributed by atoms with Crippen molar-refractivity contribution in [3.63, 3.8) is 0 Å². The second-order valence-corrected chi connectivity index (χ2v) is 4.56. The van der Waals surface area contributed by atoms with E-state index in [4.69, 9.17) is 10.6 Å². The van der Waals surface area contributed by atoms with Gasteiger partial charge in [-0.25, -0.2) is 0 Å². The summed E-state index contributed by atoms with van der Waals surface area (Å²) in [6.07, 6.45) is 1.73. The monoisotopic (exact) mass is 254 g/mol. The molecule has 0 unspecified atom stereocenters. The summed E-state index contributed by atoms with van der Waals surface area (Å²) in [6, 6.07) is 13.9. The van der Waals surface area contributed by atoms with Crippen LogP contribution in [0, 0.1) is 13.8 Å². The molecule has 0 saturated heterocycles. The van der Waals surface area contributed by atoms with E-state index in [1.54, 1.807) is 6.21 Å². The Kier molecular flexibility index (Phi) is 4.18. The highest BCUT2D eigenvalue weighted by Gasteiger charge is 2.00. The number of aryl methyl sites for hydroxylation is 2. The normalized spacial score (nSPS) is 10.8. The molecular weight excluding hydrogens is 236 g/mol. The van der Waals surface area contributed by atoms with Gasteiger partial charge in [0.25, 0.3) is 0 Å². The Bertz CT molecular complexity index is 577. The molecule has 2 rings (SSSR count). The molecule has 0 heterocycles. The lowest BCUT2D eigenvalue weighted by Gasteiger charge is -2.05. The van der Waals surface area contributed by atoms with E-state index in [1.165, 1.54) is 0 Å². The summed E-state index contributed by atoms with van der Waals surface area (Å²) in [5.41, 5.74) is 10.9. The fraction of sp³-hybridized carbons (Fsp3) is 0.188. The molecule has 0 amide bonds. The minimum Gasteiger partial charge on any atom is -0.399 e. The zero-order valence-electron chi connectivity index (χ0n) is 11.3. The van der Waals surface area contributed by atoms with E-state index in [1.807, 2.05) is 56.3 Å². The third kappa shape index (κ3) is 3.58. The van der Waals surface area contributed by atoms with Crippen molar-refractivity contribution in [2.45, 2.75) is 20.5 Å². The first-order chi connectivity index (χ1) is 9.16. The number of oxime groups is 1. The first kappa shape index (κ1) is 13.1. The number of benzene rings is 2. The lowest BCUT2D eigenvalue weighted by atomic mass is 10.1. The number of nitrogens with two attached hydrogens (primary N) is 1. The first-order valence-corrected chi connectivity index (χ1v) is 6.23. The predicted molar refractivity (Wildman–Crippen MR) is 79.2 cm³/mol. The molecule has 98 valence electrons. The molecule has 2 aromatic rings. The number of nitrogen functional groups attached to an aromatic ring is 1. The van der Waals surface area contributed by atoms with Crippen molar-refractivity contribution >= 4 is 11.9 Å². The van der Waals surface area contributed by atoms with Crippen molar-refractivity contribution in [2.24, 2.45) is 5.16 Å². The van der Waals surface area contributed by atoms with E-state index >= 15 is 0 Å². The maximum absolute atomic E-state index is 5.84. The molecule has 0 aliphatic heterocycles. The van der Waals surface area contributed by atoms with Gasteiger partial charge in [0.15, 0.2) is 0 Å². The number of rotatable bonds is 4. The van der Waals surface area contributed by atoms with Crippen LogP contribution in [0.2, 0.25) is 0 Å². The fourth-order valence-electron chi connectivity index (χ4n) is 1.78. The molecule has 0 spiro atoms. The summed E-state index contributed by atoms with van der Waals surface area (Å²) < 4.78 is 0. The van der Waals surface area contributed by atoms with Gasteiger partial charge in [0.05, 0.1) is 6.21 Å². The molecule has 0 bridgehead atoms. The van der Waals surface area contributed by atoms with Crippen LogP contribution < -0.4 is 5.73 Å². The topological polar surface area (TPSA) is 47.6 Å². The van der Waals surface area contributed by atoms with Gasteiger partial charge in [-0.1, -0.05) is 35.5 Å². The summed E-state index contributed by atoms with van der Waals surface area (Å²) in [7, 11) is 0. The molecule has 2 N–H and O–H groups in total. The van der Waals surface area contributed by atoms with Gasteiger partial charge < -0.3 is 10.6 Å². The smallest absolute Gasteiger partial charge is 0.142 e. The molecule has 0 radical (unpaired) electrons. The fourth-order valence-corrected chi connectivity index (χ4v) is 1.78. The Morgan fingerprint density at radius 2 is 1.84 bits per heavy atom. The number of hydrogen-bond donors (Lipinski definition) is 1. The molecule has 0 aliphatic rings. The van der Waals surface area contributed by atoms with Crippen molar-refractivity contribution < 1.29 is 4.84 Å². The van der Waals surface area contributed by atoms with Gasteiger partial charge in [-0.15, -0.1) is 0 Å². The van der Waals surface area contributed by atoms with Gasteiger partial charge in [-0.2, -0.15) is 0 Å². The molecule has 3 nitrogen and oxygen atoms in total. The SMILES string of the molecule is Cc1cc(/C=N/OCc2ccccc2)c(C)cc1N. The average molecular weight is 254 g/mol. The zero-order chi connectivity index (χ0) is 13.7. The molecule has 2 aromatic carbocycles. The minimum atomic E-state index is 0.477. The van der Waals surface area contributed by atoms with E-state index in [0.29, 0.717) is 6.61 Å². The van der Waals surface area contributed by atoms with E-state index in [9.17, 15) is 0 Å². The van der Waals surface area contributed by atoms with Crippen molar-refractivity contribution in [1.82, 2.24) is 0 Å². The van der Waals surface area contributed by atoms with Gasteiger partial charge in [-0.05, 0) is 48.2 Å². The highest BCUT2D eigenvalue weighted by molar-refractivity contribution is 5.82. The average Bonchev–Trinajstić information content (AvgIpc) is 2.41. The molecule has 0 atom stereocenters. The summed E-state index contributed by atoms with van der Waals surface area (Å²) in [6.45, 7) is 4.47. The zero-order valence-corrected chi connectivity index (χ0v) is 11.3. The summed E-state index contributed by atoms with van der Waals surface area (Å²) >= 11 is 0. The van der Waals surface area contributed by atoms with Crippen LogP contribution in [0.5, 0.6) is 0 Å². The van der Waals surface area contributed by atoms with Gasteiger partial charge in [0, 0.05) is 5.69 Å². The maximum atomic E-state index is 5.84. The van der Waals surface area contributed by atoms with Crippen molar-refractivity contribution in [2.75, 3.05) is 5.73 Å². The molecule has 0 saturated carbocycles. The molecule has 0 aromatic heterocycles. The molecule has 0 fully saturated rings. The van der Waals surface area contributed by atoms with E-state index < -0.39 is 0 Å². The molecule has 0 aliphatic carbocycles. The predicted octanol–water partition coefficient (Wildman–Crippen LogP) is 3.44. The second-order valence-electron chi connectivity index (χ2n) is 4.56. The highest BCUT2D eigenvalue weighted by Crippen LogP contribution is 2.16. The molecule has 3 heteroatoms. The van der Waals surface area contributed by atoms with Crippen LogP contribution in [0.1, 0.15) is 22.3 Å². The van der Waals surface area contributed by atoms with Crippen molar-refractivity contribution in [3.05, 3.63) is 64.7 Å². The summed E-state index contributed by atoms with van der Waals surface area (Å²) in [4.78, 5) is 5.29. The van der Waals surface area contributed by atoms with Crippen LogP contribution in [0.15, 0.2) is 47.6 Å². The Hall–Kier alpha value is -2.29. The number of hydrogen-bond acceptors (Lipinski definition) is 3. The van der Waals surface area contributed by atoms with E-state index in [-0.39, 0.29) is 0 Å². The van der Waals surface area contributed by atoms with Crippen LogP contribution in [0.25, 0.3) is 0 Å². The lowest BCUT2D eigenvalue weighted by molar-refractivity contribution is 0.132. The Labute approximate surface area is 113 Å². The lowest BCUT2D eigenvalue weighted by Crippen LogP contribution is -1.95. The van der Waals surface area contributed by atoms with Crippen LogP contribution in [-0.4, -0.2) is 6.21 Å². The van der Waals surface area contributed by atoms with Crippen LogP contribution >= 0.6 is 0 Å². The van der Waals surface area contributed by atoms with Crippen LogP contribution in [0.3, 0.4) is 0 Å². The van der Waals surface area contributed by atoms with E-state index in [2.05, 4.69) is 5.16 Å². The van der Waals surface area contributed by atoms with Crippen molar-refractivity contribution in [1.29, 1.82) is 0 Å². The third-order valence-electron chi connectivity index (χ3n) is 3.00. The Morgan fingerprint density at radius 1 is 1.11 bits per heavy atom. The van der Waals surface area contributed by atoms with E-state index in [0.717, 1.165) is 27.9 Å².